The van der Waals surface area contributed by atoms with Crippen LogP contribution in [0.4, 0.5) is 5.69 Å². The molecule has 1 amide bonds. The highest BCUT2D eigenvalue weighted by Crippen LogP contribution is 2.29. The zero-order chi connectivity index (χ0) is 19.4. The summed E-state index contributed by atoms with van der Waals surface area (Å²) in [7, 11) is 3.02. The minimum absolute atomic E-state index is 0.379. The van der Waals surface area contributed by atoms with Gasteiger partial charge in [-0.3, -0.25) is 4.79 Å². The number of H-pyrrole nitrogens is 1. The minimum atomic E-state index is -0.998. The molecule has 3 aromatic rings. The number of esters is 1. The second kappa shape index (κ2) is 7.82. The largest absolute Gasteiger partial charge is 0.497 e. The Morgan fingerprint density at radius 3 is 2.59 bits per heavy atom. The lowest BCUT2D eigenvalue weighted by atomic mass is 10.2. The van der Waals surface area contributed by atoms with Gasteiger partial charge in [0.15, 0.2) is 6.10 Å². The molecule has 27 heavy (non-hydrogen) atoms. The van der Waals surface area contributed by atoms with Gasteiger partial charge in [-0.25, -0.2) is 4.79 Å². The van der Waals surface area contributed by atoms with Crippen LogP contribution in [0.1, 0.15) is 17.3 Å². The number of fused-ring (bicyclic) bond motifs is 1. The number of amides is 1. The molecule has 2 N–H and O–H groups in total. The summed E-state index contributed by atoms with van der Waals surface area (Å²) in [5.41, 5.74) is 1.63. The fraction of sp³-hybridized carbons (Fsp3) is 0.200. The first-order valence-electron chi connectivity index (χ1n) is 8.33. The summed E-state index contributed by atoms with van der Waals surface area (Å²) >= 11 is 0. The number of anilines is 1. The number of para-hydroxylation sites is 1. The molecule has 1 heterocycles. The van der Waals surface area contributed by atoms with E-state index in [1.54, 1.807) is 24.4 Å². The smallest absolute Gasteiger partial charge is 0.341 e. The van der Waals surface area contributed by atoms with Gasteiger partial charge in [0.05, 0.1) is 25.5 Å². The van der Waals surface area contributed by atoms with Crippen molar-refractivity contribution in [2.24, 2.45) is 0 Å². The van der Waals surface area contributed by atoms with Gasteiger partial charge in [-0.2, -0.15) is 0 Å². The number of ether oxygens (including phenoxy) is 3. The van der Waals surface area contributed by atoms with Crippen LogP contribution in [-0.2, 0) is 9.53 Å². The summed E-state index contributed by atoms with van der Waals surface area (Å²) in [4.78, 5) is 27.9. The number of carbonyl (C=O) groups is 2. The molecule has 0 saturated heterocycles. The second-order valence-electron chi connectivity index (χ2n) is 5.85. The molecule has 1 unspecified atom stereocenters. The summed E-state index contributed by atoms with van der Waals surface area (Å²) in [5, 5.41) is 3.44. The molecule has 1 aromatic heterocycles. The third-order valence-electron chi connectivity index (χ3n) is 4.13. The standard InChI is InChI=1S/C20H20N2O5/c1-12(19(23)22-17-10-13(25-2)8-9-18(17)26-3)27-20(24)15-11-21-16-7-5-4-6-14(15)16/h4-12,21H,1-3H3,(H,22,23). The van der Waals surface area contributed by atoms with Crippen LogP contribution in [-0.4, -0.2) is 37.2 Å². The third kappa shape index (κ3) is 3.87. The van der Waals surface area contributed by atoms with Gasteiger partial charge in [0.2, 0.25) is 0 Å². The van der Waals surface area contributed by atoms with E-state index in [4.69, 9.17) is 14.2 Å². The number of nitrogens with one attached hydrogen (secondary N) is 2. The lowest BCUT2D eigenvalue weighted by Gasteiger charge is -2.15. The maximum Gasteiger partial charge on any atom is 0.341 e. The summed E-state index contributed by atoms with van der Waals surface area (Å²) in [6.07, 6.45) is 0.574. The average molecular weight is 368 g/mol. The third-order valence-corrected chi connectivity index (χ3v) is 4.13. The minimum Gasteiger partial charge on any atom is -0.497 e. The first-order valence-corrected chi connectivity index (χ1v) is 8.33. The molecule has 0 radical (unpaired) electrons. The van der Waals surface area contributed by atoms with Crippen LogP contribution in [0.2, 0.25) is 0 Å². The predicted molar refractivity (Wildman–Crippen MR) is 101 cm³/mol. The summed E-state index contributed by atoms with van der Waals surface area (Å²) in [5.74, 6) is -0.0173. The molecule has 0 aliphatic carbocycles. The molecule has 140 valence electrons. The van der Waals surface area contributed by atoms with Crippen molar-refractivity contribution in [1.29, 1.82) is 0 Å². The molecule has 2 aromatic carbocycles. The van der Waals surface area contributed by atoms with E-state index in [1.807, 2.05) is 24.3 Å². The van der Waals surface area contributed by atoms with Gasteiger partial charge in [0.25, 0.3) is 5.91 Å². The lowest BCUT2D eigenvalue weighted by Crippen LogP contribution is -2.30. The predicted octanol–water partition coefficient (Wildman–Crippen LogP) is 3.37. The fourth-order valence-corrected chi connectivity index (χ4v) is 2.66. The Morgan fingerprint density at radius 1 is 1.07 bits per heavy atom. The summed E-state index contributed by atoms with van der Waals surface area (Å²) < 4.78 is 15.7. The molecule has 1 atom stereocenters. The number of aromatic amines is 1. The highest BCUT2D eigenvalue weighted by atomic mass is 16.5. The van der Waals surface area contributed by atoms with E-state index >= 15 is 0 Å². The highest BCUT2D eigenvalue weighted by Gasteiger charge is 2.22. The first kappa shape index (κ1) is 18.3. The Bertz CT molecular complexity index is 979. The Balaban J connectivity index is 1.72. The monoisotopic (exact) mass is 368 g/mol. The SMILES string of the molecule is COc1ccc(OC)c(NC(=O)C(C)OC(=O)c2c[nH]c3ccccc23)c1. The maximum absolute atomic E-state index is 12.5. The maximum atomic E-state index is 12.5. The van der Waals surface area contributed by atoms with Crippen molar-refractivity contribution in [2.75, 3.05) is 19.5 Å². The molecule has 0 aliphatic heterocycles. The van der Waals surface area contributed by atoms with Crippen molar-refractivity contribution in [3.05, 3.63) is 54.2 Å². The Morgan fingerprint density at radius 2 is 1.85 bits per heavy atom. The van der Waals surface area contributed by atoms with E-state index in [0.29, 0.717) is 22.7 Å². The van der Waals surface area contributed by atoms with Gasteiger partial charge in [-0.05, 0) is 25.1 Å². The van der Waals surface area contributed by atoms with Crippen LogP contribution in [0.15, 0.2) is 48.7 Å². The van der Waals surface area contributed by atoms with Crippen molar-refractivity contribution in [3.63, 3.8) is 0 Å². The second-order valence-corrected chi connectivity index (χ2v) is 5.85. The molecule has 7 heteroatoms. The lowest BCUT2D eigenvalue weighted by molar-refractivity contribution is -0.123. The number of hydrogen-bond donors (Lipinski definition) is 2. The number of rotatable bonds is 6. The number of benzene rings is 2. The van der Waals surface area contributed by atoms with Gasteiger partial charge in [0, 0.05) is 23.2 Å². The van der Waals surface area contributed by atoms with Gasteiger partial charge in [0.1, 0.15) is 11.5 Å². The van der Waals surface area contributed by atoms with E-state index in [9.17, 15) is 9.59 Å². The van der Waals surface area contributed by atoms with E-state index in [1.165, 1.54) is 21.1 Å². The molecule has 3 rings (SSSR count). The normalized spacial score (nSPS) is 11.7. The van der Waals surface area contributed by atoms with Gasteiger partial charge < -0.3 is 24.5 Å². The number of aromatic nitrogens is 1. The van der Waals surface area contributed by atoms with E-state index < -0.39 is 18.0 Å². The van der Waals surface area contributed by atoms with Crippen LogP contribution >= 0.6 is 0 Å². The van der Waals surface area contributed by atoms with Gasteiger partial charge >= 0.3 is 5.97 Å². The summed E-state index contributed by atoms with van der Waals surface area (Å²) in [6.45, 7) is 1.51. The number of carbonyl (C=O) groups excluding carboxylic acids is 2. The molecule has 0 aliphatic rings. The number of methoxy groups -OCH3 is 2. The average Bonchev–Trinajstić information content (AvgIpc) is 3.12. The van der Waals surface area contributed by atoms with Gasteiger partial charge in [-0.15, -0.1) is 0 Å². The zero-order valence-electron chi connectivity index (χ0n) is 15.2. The molecule has 7 nitrogen and oxygen atoms in total. The molecule has 0 fully saturated rings. The van der Waals surface area contributed by atoms with Crippen molar-refractivity contribution >= 4 is 28.5 Å². The van der Waals surface area contributed by atoms with E-state index in [0.717, 1.165) is 10.9 Å². The van der Waals surface area contributed by atoms with Crippen LogP contribution in [0.3, 0.4) is 0 Å². The zero-order valence-corrected chi connectivity index (χ0v) is 15.2. The van der Waals surface area contributed by atoms with Crippen molar-refractivity contribution in [2.45, 2.75) is 13.0 Å². The van der Waals surface area contributed by atoms with Crippen molar-refractivity contribution in [3.8, 4) is 11.5 Å². The van der Waals surface area contributed by atoms with E-state index in [2.05, 4.69) is 10.3 Å². The van der Waals surface area contributed by atoms with Crippen LogP contribution < -0.4 is 14.8 Å². The molecular formula is C20H20N2O5. The highest BCUT2D eigenvalue weighted by molar-refractivity contribution is 6.05. The Kier molecular flexibility index (Phi) is 5.30. The van der Waals surface area contributed by atoms with Gasteiger partial charge in [-0.1, -0.05) is 18.2 Å². The fourth-order valence-electron chi connectivity index (χ4n) is 2.66. The van der Waals surface area contributed by atoms with Crippen LogP contribution in [0.5, 0.6) is 11.5 Å². The Labute approximate surface area is 156 Å². The van der Waals surface area contributed by atoms with Crippen LogP contribution in [0, 0.1) is 0 Å². The van der Waals surface area contributed by atoms with E-state index in [-0.39, 0.29) is 0 Å². The molecule has 0 spiro atoms. The molecular weight excluding hydrogens is 348 g/mol. The van der Waals surface area contributed by atoms with Crippen molar-refractivity contribution in [1.82, 2.24) is 4.98 Å². The topological polar surface area (TPSA) is 89.7 Å². The molecule has 0 bridgehead atoms. The first-order chi connectivity index (χ1) is 13.0. The van der Waals surface area contributed by atoms with Crippen LogP contribution in [0.25, 0.3) is 10.9 Å². The Hall–Kier alpha value is -3.48. The molecule has 0 saturated carbocycles. The van der Waals surface area contributed by atoms with Crippen molar-refractivity contribution < 1.29 is 23.8 Å². The number of hydrogen-bond acceptors (Lipinski definition) is 5. The quantitative estimate of drug-likeness (QED) is 0.651. The summed E-state index contributed by atoms with van der Waals surface area (Å²) in [6, 6.07) is 12.4.